The van der Waals surface area contributed by atoms with E-state index in [1.54, 1.807) is 0 Å². The van der Waals surface area contributed by atoms with E-state index >= 15 is 0 Å². The smallest absolute Gasteiger partial charge is 0.280 e. The second kappa shape index (κ2) is 8.75. The molecule has 4 aromatic carbocycles. The monoisotopic (exact) mass is 432 g/mol. The Kier molecular flexibility index (Phi) is 5.49. The first kappa shape index (κ1) is 20.7. The SMILES string of the molecule is CC1=NN(c2ccccc2)C(=O)/C1=C/c1c(OCc2cccc(C)c2)ccc2ccccc12. The van der Waals surface area contributed by atoms with Gasteiger partial charge in [-0.15, -0.1) is 0 Å². The Morgan fingerprint density at radius 3 is 2.48 bits per heavy atom. The van der Waals surface area contributed by atoms with E-state index in [0.29, 0.717) is 17.9 Å². The van der Waals surface area contributed by atoms with Gasteiger partial charge in [0.25, 0.3) is 5.91 Å². The van der Waals surface area contributed by atoms with Crippen LogP contribution in [0.25, 0.3) is 16.8 Å². The highest BCUT2D eigenvalue weighted by atomic mass is 16.5. The van der Waals surface area contributed by atoms with Gasteiger partial charge in [0.1, 0.15) is 12.4 Å². The van der Waals surface area contributed by atoms with Crippen LogP contribution in [0.2, 0.25) is 0 Å². The molecule has 1 aliphatic rings. The fraction of sp³-hybridized carbons (Fsp3) is 0.103. The van der Waals surface area contributed by atoms with Crippen LogP contribution < -0.4 is 9.75 Å². The van der Waals surface area contributed by atoms with Crippen LogP contribution in [0.3, 0.4) is 0 Å². The Labute approximate surface area is 193 Å². The van der Waals surface area contributed by atoms with E-state index in [0.717, 1.165) is 33.3 Å². The first-order valence-electron chi connectivity index (χ1n) is 11.0. The molecule has 1 heterocycles. The lowest BCUT2D eigenvalue weighted by atomic mass is 9.99. The zero-order valence-electron chi connectivity index (χ0n) is 18.7. The lowest BCUT2D eigenvalue weighted by Gasteiger charge is -2.14. The molecular weight excluding hydrogens is 408 g/mol. The summed E-state index contributed by atoms with van der Waals surface area (Å²) in [5.74, 6) is 0.595. The van der Waals surface area contributed by atoms with Crippen molar-refractivity contribution in [3.63, 3.8) is 0 Å². The number of anilines is 1. The molecule has 0 N–H and O–H groups in total. The molecule has 0 bridgehead atoms. The summed E-state index contributed by atoms with van der Waals surface area (Å²) in [6.45, 7) is 4.39. The molecule has 5 rings (SSSR count). The molecule has 4 heteroatoms. The van der Waals surface area contributed by atoms with Crippen molar-refractivity contribution >= 4 is 34.2 Å². The molecule has 162 valence electrons. The predicted molar refractivity (Wildman–Crippen MR) is 134 cm³/mol. The van der Waals surface area contributed by atoms with Gasteiger partial charge in [-0.3, -0.25) is 4.79 Å². The van der Waals surface area contributed by atoms with Crippen molar-refractivity contribution in [2.75, 3.05) is 5.01 Å². The van der Waals surface area contributed by atoms with E-state index in [2.05, 4.69) is 48.4 Å². The highest BCUT2D eigenvalue weighted by Crippen LogP contribution is 2.33. The number of ether oxygens (including phenoxy) is 1. The van der Waals surface area contributed by atoms with Crippen LogP contribution in [0.1, 0.15) is 23.6 Å². The highest BCUT2D eigenvalue weighted by molar-refractivity contribution is 6.32. The number of rotatable bonds is 5. The van der Waals surface area contributed by atoms with Gasteiger partial charge >= 0.3 is 0 Å². The van der Waals surface area contributed by atoms with E-state index in [4.69, 9.17) is 4.74 Å². The standard InChI is InChI=1S/C29H24N2O2/c1-20-9-8-10-22(17-20)19-33-28-16-15-23-11-6-7-14-25(23)27(28)18-26-21(2)30-31(29(26)32)24-12-4-3-5-13-24/h3-18H,19H2,1-2H3/b26-18+. The van der Waals surface area contributed by atoms with Gasteiger partial charge < -0.3 is 4.74 Å². The normalized spacial score (nSPS) is 14.7. The van der Waals surface area contributed by atoms with Gasteiger partial charge in [0.05, 0.1) is 17.0 Å². The minimum absolute atomic E-state index is 0.142. The second-order valence-electron chi connectivity index (χ2n) is 8.17. The highest BCUT2D eigenvalue weighted by Gasteiger charge is 2.29. The zero-order chi connectivity index (χ0) is 22.8. The summed E-state index contributed by atoms with van der Waals surface area (Å²) in [6.07, 6.45) is 1.91. The van der Waals surface area contributed by atoms with Gasteiger partial charge in [0.15, 0.2) is 0 Å². The maximum absolute atomic E-state index is 13.3. The first-order chi connectivity index (χ1) is 16.1. The largest absolute Gasteiger partial charge is 0.488 e. The molecule has 0 saturated carbocycles. The summed E-state index contributed by atoms with van der Waals surface area (Å²) in [6, 6.07) is 29.9. The number of carbonyl (C=O) groups is 1. The maximum Gasteiger partial charge on any atom is 0.280 e. The summed E-state index contributed by atoms with van der Waals surface area (Å²) >= 11 is 0. The molecule has 0 fully saturated rings. The molecule has 0 aliphatic carbocycles. The van der Waals surface area contributed by atoms with Gasteiger partial charge in [-0.05, 0) is 54.5 Å². The molecule has 1 amide bonds. The van der Waals surface area contributed by atoms with E-state index in [-0.39, 0.29) is 5.91 Å². The van der Waals surface area contributed by atoms with Gasteiger partial charge in [0, 0.05) is 5.56 Å². The van der Waals surface area contributed by atoms with Crippen molar-refractivity contribution in [3.8, 4) is 5.75 Å². The fourth-order valence-corrected chi connectivity index (χ4v) is 4.09. The van der Waals surface area contributed by atoms with Crippen LogP contribution in [0.5, 0.6) is 5.75 Å². The van der Waals surface area contributed by atoms with Gasteiger partial charge in [-0.1, -0.05) is 78.4 Å². The Balaban J connectivity index is 1.55. The molecular formula is C29H24N2O2. The van der Waals surface area contributed by atoms with Crippen molar-refractivity contribution < 1.29 is 9.53 Å². The van der Waals surface area contributed by atoms with Gasteiger partial charge in [-0.25, -0.2) is 0 Å². The predicted octanol–water partition coefficient (Wildman–Crippen LogP) is 6.53. The summed E-state index contributed by atoms with van der Waals surface area (Å²) in [7, 11) is 0. The average Bonchev–Trinajstić information content (AvgIpc) is 3.12. The Morgan fingerprint density at radius 2 is 1.67 bits per heavy atom. The van der Waals surface area contributed by atoms with E-state index in [1.807, 2.05) is 67.6 Å². The van der Waals surface area contributed by atoms with Crippen LogP contribution in [-0.2, 0) is 11.4 Å². The lowest BCUT2D eigenvalue weighted by Crippen LogP contribution is -2.21. The number of carbonyl (C=O) groups excluding carboxylic acids is 1. The zero-order valence-corrected chi connectivity index (χ0v) is 18.7. The Bertz CT molecular complexity index is 1400. The van der Waals surface area contributed by atoms with Crippen LogP contribution >= 0.6 is 0 Å². The average molecular weight is 433 g/mol. The topological polar surface area (TPSA) is 41.9 Å². The third kappa shape index (κ3) is 4.15. The molecule has 4 nitrogen and oxygen atoms in total. The number of aryl methyl sites for hydroxylation is 1. The summed E-state index contributed by atoms with van der Waals surface area (Å²) in [4.78, 5) is 13.3. The summed E-state index contributed by atoms with van der Waals surface area (Å²) in [5, 5.41) is 8.10. The van der Waals surface area contributed by atoms with Crippen LogP contribution in [-0.4, -0.2) is 11.6 Å². The third-order valence-corrected chi connectivity index (χ3v) is 5.76. The van der Waals surface area contributed by atoms with Crippen LogP contribution in [0, 0.1) is 6.92 Å². The van der Waals surface area contributed by atoms with Gasteiger partial charge in [-0.2, -0.15) is 10.1 Å². The molecule has 0 saturated heterocycles. The van der Waals surface area contributed by atoms with E-state index in [9.17, 15) is 4.79 Å². The number of para-hydroxylation sites is 1. The number of hydrogen-bond acceptors (Lipinski definition) is 3. The minimum atomic E-state index is -0.142. The summed E-state index contributed by atoms with van der Waals surface area (Å²) in [5.41, 5.74) is 5.18. The molecule has 0 unspecified atom stereocenters. The first-order valence-corrected chi connectivity index (χ1v) is 11.0. The molecule has 0 atom stereocenters. The quantitative estimate of drug-likeness (QED) is 0.336. The second-order valence-corrected chi connectivity index (χ2v) is 8.17. The summed E-state index contributed by atoms with van der Waals surface area (Å²) < 4.78 is 6.27. The van der Waals surface area contributed by atoms with Crippen LogP contribution in [0.4, 0.5) is 5.69 Å². The molecule has 0 spiro atoms. The Morgan fingerprint density at radius 1 is 0.879 bits per heavy atom. The van der Waals surface area contributed by atoms with Crippen molar-refractivity contribution in [3.05, 3.63) is 113 Å². The molecule has 33 heavy (non-hydrogen) atoms. The van der Waals surface area contributed by atoms with Gasteiger partial charge in [0.2, 0.25) is 0 Å². The molecule has 0 aromatic heterocycles. The Hall–Kier alpha value is -4.18. The number of hydrazone groups is 1. The van der Waals surface area contributed by atoms with Crippen molar-refractivity contribution in [2.45, 2.75) is 20.5 Å². The maximum atomic E-state index is 13.3. The van der Waals surface area contributed by atoms with Crippen molar-refractivity contribution in [1.29, 1.82) is 0 Å². The van der Waals surface area contributed by atoms with Crippen molar-refractivity contribution in [2.24, 2.45) is 5.10 Å². The number of nitrogens with zero attached hydrogens (tertiary/aromatic N) is 2. The number of benzene rings is 4. The van der Waals surface area contributed by atoms with Crippen molar-refractivity contribution in [1.82, 2.24) is 0 Å². The van der Waals surface area contributed by atoms with E-state index < -0.39 is 0 Å². The van der Waals surface area contributed by atoms with E-state index in [1.165, 1.54) is 10.6 Å². The van der Waals surface area contributed by atoms with Crippen LogP contribution in [0.15, 0.2) is 102 Å². The number of hydrogen-bond donors (Lipinski definition) is 0. The lowest BCUT2D eigenvalue weighted by molar-refractivity contribution is -0.114. The third-order valence-electron chi connectivity index (χ3n) is 5.76. The minimum Gasteiger partial charge on any atom is -0.488 e. The number of fused-ring (bicyclic) bond motifs is 1. The molecule has 4 aromatic rings. The number of amides is 1. The fourth-order valence-electron chi connectivity index (χ4n) is 4.09. The molecule has 0 radical (unpaired) electrons. The molecule has 1 aliphatic heterocycles.